The van der Waals surface area contributed by atoms with Crippen molar-refractivity contribution < 1.29 is 114 Å². The molecule has 40 heteroatoms. The summed E-state index contributed by atoms with van der Waals surface area (Å²) in [5, 5.41) is 0. The summed E-state index contributed by atoms with van der Waals surface area (Å²) in [4.78, 5) is 170. The van der Waals surface area contributed by atoms with Gasteiger partial charge in [-0.1, -0.05) is 51.4 Å². The van der Waals surface area contributed by atoms with Crippen molar-refractivity contribution in [3.63, 3.8) is 0 Å². The van der Waals surface area contributed by atoms with Crippen LogP contribution >= 0.6 is 0 Å². The molecule has 0 aliphatic rings. The predicted octanol–water partition coefficient (Wildman–Crippen LogP) is -3.83. The van der Waals surface area contributed by atoms with Gasteiger partial charge in [0.25, 0.3) is 0 Å². The van der Waals surface area contributed by atoms with Crippen LogP contribution in [0.1, 0.15) is 182 Å². The van der Waals surface area contributed by atoms with Crippen LogP contribution in [0.15, 0.2) is 0 Å². The summed E-state index contributed by atoms with van der Waals surface area (Å²) in [5.41, 5.74) is 83.5. The van der Waals surface area contributed by atoms with Crippen molar-refractivity contribution in [1.82, 2.24) is 0 Å². The van der Waals surface area contributed by atoms with Gasteiger partial charge in [-0.25, -0.2) is 0 Å². The van der Waals surface area contributed by atoms with Crippen LogP contribution < -0.4 is 91.7 Å². The summed E-state index contributed by atoms with van der Waals surface area (Å²) in [5.74, 6) is -13.7. The number of carbonyl (C=O) groups excluding carboxylic acids is 12. The van der Waals surface area contributed by atoms with Crippen LogP contribution in [0.3, 0.4) is 0 Å². The Morgan fingerprint density at radius 2 is 0.310 bits per heavy atom. The van der Waals surface area contributed by atoms with E-state index in [0.717, 1.165) is 27.7 Å². The Hall–Kier alpha value is -7.00. The SMILES string of the molecule is CC(COC(=O)[C@@H](N)CCCCN)(COC(=O)[C@@H](N)CCCCN)C(=O)OCC(COC(=O)C(C)(COC(=O)[C@@H](N)CCCCN)COC(=O)[C@@H](N)CCCCN)(COC(=O)C(C)(COC(=O)[C@@H](N)CCCCN)COC(=O)[C@@H](N)CCCCN)COC(=O)C(C)(COC(=O)[C@@H](N)CCCCN)COC(=O)[C@@H](N)CCCCN. The lowest BCUT2D eigenvalue weighted by Gasteiger charge is -2.37. The number of hydrogen-bond acceptors (Lipinski definition) is 40. The highest BCUT2D eigenvalue weighted by atomic mass is 16.6. The predicted molar refractivity (Wildman–Crippen MR) is 413 cm³/mol. The van der Waals surface area contributed by atoms with Crippen molar-refractivity contribution in [2.24, 2.45) is 119 Å². The van der Waals surface area contributed by atoms with E-state index in [1.165, 1.54) is 0 Å². The number of carbonyl (C=O) groups is 12. The molecule has 0 rings (SSSR count). The van der Waals surface area contributed by atoms with Crippen molar-refractivity contribution in [1.29, 1.82) is 0 Å². The third kappa shape index (κ3) is 43.0. The van der Waals surface area contributed by atoms with Crippen LogP contribution in [0.5, 0.6) is 0 Å². The number of rotatable bonds is 68. The number of nitrogens with two attached hydrogens (primary N) is 16. The third-order valence-corrected chi connectivity index (χ3v) is 18.4. The van der Waals surface area contributed by atoms with Gasteiger partial charge < -0.3 is 149 Å². The maximum absolute atomic E-state index is 15.3. The lowest BCUT2D eigenvalue weighted by atomic mass is 9.88. The van der Waals surface area contributed by atoms with Gasteiger partial charge in [0.1, 0.15) is 155 Å². The molecule has 0 amide bonds. The first-order valence-electron chi connectivity index (χ1n) is 39.1. The molecule has 0 aromatic rings. The first kappa shape index (κ1) is 106. The van der Waals surface area contributed by atoms with E-state index in [9.17, 15) is 38.4 Å². The Balaban J connectivity index is 9.31. The van der Waals surface area contributed by atoms with E-state index >= 15 is 19.2 Å². The molecular weight excluding hydrogens is 1480 g/mol. The minimum absolute atomic E-state index is 0.0862. The Kier molecular flexibility index (Phi) is 55.1. The summed E-state index contributed by atoms with van der Waals surface area (Å²) in [6, 6.07) is -10.1. The topological polar surface area (TPSA) is 732 Å². The second-order valence-electron chi connectivity index (χ2n) is 30.0. The number of ether oxygens (including phenoxy) is 12. The van der Waals surface area contributed by atoms with E-state index in [0.29, 0.717) is 103 Å². The highest BCUT2D eigenvalue weighted by Crippen LogP contribution is 2.32. The molecule has 0 aromatic heterocycles. The van der Waals surface area contributed by atoms with Crippen LogP contribution in [0.2, 0.25) is 0 Å². The lowest BCUT2D eigenvalue weighted by molar-refractivity contribution is -0.189. The van der Waals surface area contributed by atoms with Crippen LogP contribution in [-0.2, 0) is 114 Å². The lowest BCUT2D eigenvalue weighted by Crippen LogP contribution is -2.51. The quantitative estimate of drug-likeness (QED) is 0.0158. The smallest absolute Gasteiger partial charge is 0.322 e. The van der Waals surface area contributed by atoms with Gasteiger partial charge in [-0.3, -0.25) is 57.5 Å². The molecule has 656 valence electrons. The summed E-state index contributed by atoms with van der Waals surface area (Å²) in [6.45, 7) is -5.72. The van der Waals surface area contributed by atoms with Gasteiger partial charge in [0.2, 0.25) is 0 Å². The minimum atomic E-state index is -2.55. The second kappa shape index (κ2) is 58.8. The van der Waals surface area contributed by atoms with Gasteiger partial charge in [-0.2, -0.15) is 0 Å². The molecule has 0 aliphatic heterocycles. The number of esters is 12. The van der Waals surface area contributed by atoms with Crippen molar-refractivity contribution in [2.45, 2.75) is 230 Å². The molecule has 0 fully saturated rings. The average molecular weight is 1630 g/mol. The van der Waals surface area contributed by atoms with Gasteiger partial charge in [-0.05, 0) is 183 Å². The molecular formula is C73H140N16O24. The molecule has 0 aromatic carbocycles. The largest absolute Gasteiger partial charge is 0.464 e. The van der Waals surface area contributed by atoms with Crippen molar-refractivity contribution >= 4 is 71.6 Å². The molecule has 0 spiro atoms. The maximum atomic E-state index is 15.3. The molecule has 0 saturated heterocycles. The van der Waals surface area contributed by atoms with Crippen molar-refractivity contribution in [3.05, 3.63) is 0 Å². The number of unbranched alkanes of at least 4 members (excludes halogenated alkanes) is 8. The van der Waals surface area contributed by atoms with Gasteiger partial charge in [0.15, 0.2) is 0 Å². The highest BCUT2D eigenvalue weighted by Gasteiger charge is 2.49. The Bertz CT molecular complexity index is 2330. The Labute approximate surface area is 664 Å². The molecule has 0 heterocycles. The summed E-state index contributed by atoms with van der Waals surface area (Å²) >= 11 is 0. The molecule has 32 N–H and O–H groups in total. The molecule has 0 radical (unpaired) electrons. The monoisotopic (exact) mass is 1630 g/mol. The normalized spacial score (nSPS) is 14.1. The second-order valence-corrected chi connectivity index (χ2v) is 30.0. The van der Waals surface area contributed by atoms with E-state index < -0.39 is 226 Å². The van der Waals surface area contributed by atoms with Gasteiger partial charge in [0, 0.05) is 0 Å². The van der Waals surface area contributed by atoms with Gasteiger partial charge in [-0.15, -0.1) is 0 Å². The van der Waals surface area contributed by atoms with E-state index in [2.05, 4.69) is 0 Å². The van der Waals surface area contributed by atoms with Gasteiger partial charge in [0.05, 0.1) is 0 Å². The molecule has 0 bridgehead atoms. The zero-order valence-electron chi connectivity index (χ0n) is 67.3. The zero-order chi connectivity index (χ0) is 85.6. The van der Waals surface area contributed by atoms with Crippen LogP contribution in [0.25, 0.3) is 0 Å². The van der Waals surface area contributed by atoms with Crippen LogP contribution in [0.4, 0.5) is 0 Å². The first-order valence-corrected chi connectivity index (χ1v) is 39.1. The Morgan fingerprint density at radius 3 is 0.416 bits per heavy atom. The fourth-order valence-electron chi connectivity index (χ4n) is 10.2. The molecule has 40 nitrogen and oxygen atoms in total. The standard InChI is InChI=1S/C73H140N16O24/c1-69(37-102-57(90)49(82)21-5-13-29-74,38-103-58(91)50(83)22-6-14-30-75)65(98)110-45-73(46-111-66(99)70(2,39-104-59(92)51(84)23-7-15-31-76)40-105-60(93)52(85)24-8-16-32-77,47-112-67(100)71(3,41-106-61(94)53(86)25-9-17-33-78)42-107-62(95)54(87)26-10-18-34-79)48-113-68(101)72(4,43-108-63(96)55(88)27-11-19-35-80)44-109-64(97)56(89)28-12-20-36-81/h49-56H,5-48,74-89H2,1-4H3/t49-,50-,51-,52-,53-,54-,55-,56-/m0/s1. The van der Waals surface area contributed by atoms with E-state index in [1.807, 2.05) is 0 Å². The fraction of sp³-hybridized carbons (Fsp3) is 0.836. The van der Waals surface area contributed by atoms with Gasteiger partial charge >= 0.3 is 71.6 Å². The fourth-order valence-corrected chi connectivity index (χ4v) is 10.2. The first-order chi connectivity index (χ1) is 53.4. The maximum Gasteiger partial charge on any atom is 0.322 e. The van der Waals surface area contributed by atoms with E-state index in [1.54, 1.807) is 0 Å². The van der Waals surface area contributed by atoms with E-state index in [4.69, 9.17) is 149 Å². The van der Waals surface area contributed by atoms with Crippen molar-refractivity contribution in [2.75, 3.05) is 132 Å². The minimum Gasteiger partial charge on any atom is -0.464 e. The summed E-state index contributed by atoms with van der Waals surface area (Å²) < 4.78 is 69.4. The third-order valence-electron chi connectivity index (χ3n) is 18.4. The number of hydrogen-bond donors (Lipinski definition) is 16. The summed E-state index contributed by atoms with van der Waals surface area (Å²) in [6.07, 6.45) is 7.67. The average Bonchev–Trinajstić information content (AvgIpc) is 0.816. The molecule has 0 unspecified atom stereocenters. The van der Waals surface area contributed by atoms with E-state index in [-0.39, 0.29) is 104 Å². The molecule has 0 aliphatic carbocycles. The van der Waals surface area contributed by atoms with Crippen molar-refractivity contribution in [3.8, 4) is 0 Å². The van der Waals surface area contributed by atoms with Crippen LogP contribution in [-0.4, -0.2) is 252 Å². The molecule has 113 heavy (non-hydrogen) atoms. The molecule has 0 saturated carbocycles. The molecule has 8 atom stereocenters. The van der Waals surface area contributed by atoms with Crippen LogP contribution in [0, 0.1) is 27.1 Å². The Morgan fingerprint density at radius 1 is 0.195 bits per heavy atom. The highest BCUT2D eigenvalue weighted by molar-refractivity contribution is 5.84. The summed E-state index contributed by atoms with van der Waals surface area (Å²) in [7, 11) is 0. The zero-order valence-corrected chi connectivity index (χ0v) is 67.3.